The molecule has 2 heterocycles. The van der Waals surface area contributed by atoms with E-state index < -0.39 is 23.7 Å². The summed E-state index contributed by atoms with van der Waals surface area (Å²) in [6.07, 6.45) is 1.79. The largest absolute Gasteiger partial charge is 0.496 e. The lowest BCUT2D eigenvalue weighted by Crippen LogP contribution is -2.46. The second kappa shape index (κ2) is 9.68. The van der Waals surface area contributed by atoms with Gasteiger partial charge >= 0.3 is 12.1 Å². The van der Waals surface area contributed by atoms with Gasteiger partial charge in [-0.15, -0.1) is 0 Å². The Balaban J connectivity index is 1.83. The van der Waals surface area contributed by atoms with Gasteiger partial charge in [0, 0.05) is 23.9 Å². The van der Waals surface area contributed by atoms with Crippen LogP contribution in [0.1, 0.15) is 54.8 Å². The first kappa shape index (κ1) is 24.4. The number of fused-ring (bicyclic) bond motifs is 1. The van der Waals surface area contributed by atoms with Crippen molar-refractivity contribution < 1.29 is 28.5 Å². The predicted molar refractivity (Wildman–Crippen MR) is 122 cm³/mol. The fraction of sp³-hybridized carbons (Fsp3) is 0.480. The summed E-state index contributed by atoms with van der Waals surface area (Å²) in [5, 5.41) is 0. The molecule has 0 saturated carbocycles. The van der Waals surface area contributed by atoms with E-state index in [1.807, 2.05) is 19.9 Å². The molecule has 1 amide bonds. The van der Waals surface area contributed by atoms with Gasteiger partial charge in [-0.1, -0.05) is 6.07 Å². The number of nitrogens with zero attached hydrogens (tertiary/aromatic N) is 2. The summed E-state index contributed by atoms with van der Waals surface area (Å²) in [4.78, 5) is 31.2. The van der Waals surface area contributed by atoms with Gasteiger partial charge in [0.1, 0.15) is 23.7 Å². The van der Waals surface area contributed by atoms with Crippen LogP contribution in [0.4, 0.5) is 4.79 Å². The van der Waals surface area contributed by atoms with Gasteiger partial charge in [-0.2, -0.15) is 0 Å². The van der Waals surface area contributed by atoms with Crippen LogP contribution >= 0.6 is 0 Å². The van der Waals surface area contributed by atoms with E-state index in [2.05, 4.69) is 4.98 Å². The average molecular weight is 457 g/mol. The highest BCUT2D eigenvalue weighted by atomic mass is 16.6. The van der Waals surface area contributed by atoms with E-state index in [1.165, 1.54) is 12.0 Å². The Hall–Kier alpha value is -3.29. The molecular weight excluding hydrogens is 424 g/mol. The minimum Gasteiger partial charge on any atom is -0.496 e. The van der Waals surface area contributed by atoms with Crippen LogP contribution in [0.2, 0.25) is 0 Å². The Morgan fingerprint density at radius 1 is 1.18 bits per heavy atom. The highest BCUT2D eigenvalue weighted by Gasteiger charge is 2.39. The molecule has 3 rings (SSSR count). The molecule has 1 aliphatic rings. The highest BCUT2D eigenvalue weighted by Crippen LogP contribution is 2.34. The van der Waals surface area contributed by atoms with E-state index in [0.717, 1.165) is 28.1 Å². The van der Waals surface area contributed by atoms with Crippen molar-refractivity contribution in [3.63, 3.8) is 0 Å². The van der Waals surface area contributed by atoms with Crippen molar-refractivity contribution in [3.8, 4) is 11.5 Å². The van der Waals surface area contributed by atoms with E-state index in [4.69, 9.17) is 18.9 Å². The monoisotopic (exact) mass is 456 g/mol. The number of rotatable bonds is 5. The summed E-state index contributed by atoms with van der Waals surface area (Å²) in [6.45, 7) is 9.90. The first-order valence-corrected chi connectivity index (χ1v) is 10.9. The summed E-state index contributed by atoms with van der Waals surface area (Å²) in [6, 6.07) is 4.62. The van der Waals surface area contributed by atoms with Gasteiger partial charge in [-0.25, -0.2) is 9.59 Å². The molecule has 1 aromatic carbocycles. The van der Waals surface area contributed by atoms with E-state index in [-0.39, 0.29) is 6.61 Å². The minimum absolute atomic E-state index is 0.283. The minimum atomic E-state index is -0.868. The van der Waals surface area contributed by atoms with Gasteiger partial charge in [0.2, 0.25) is 0 Å². The molecule has 8 heteroatoms. The Kier molecular flexibility index (Phi) is 7.15. The second-order valence-corrected chi connectivity index (χ2v) is 9.04. The van der Waals surface area contributed by atoms with Crippen molar-refractivity contribution in [1.29, 1.82) is 0 Å². The number of carbonyl (C=O) groups is 2. The van der Waals surface area contributed by atoms with Gasteiger partial charge in [-0.05, 0) is 64.3 Å². The number of aromatic nitrogens is 1. The SMILES string of the molecule is COC(=O)[C@H]1c2ccc(OCc3ncc(C)c(OC)c3C)cc2CCN1C(=O)OC(C)(C)C. The molecule has 0 radical (unpaired) electrons. The van der Waals surface area contributed by atoms with Gasteiger partial charge in [0.15, 0.2) is 6.04 Å². The van der Waals surface area contributed by atoms with Crippen LogP contribution in [-0.2, 0) is 27.3 Å². The molecule has 0 N–H and O–H groups in total. The van der Waals surface area contributed by atoms with Crippen molar-refractivity contribution in [3.05, 3.63) is 52.3 Å². The molecule has 0 fully saturated rings. The topological polar surface area (TPSA) is 87.2 Å². The van der Waals surface area contributed by atoms with Crippen LogP contribution in [0, 0.1) is 13.8 Å². The smallest absolute Gasteiger partial charge is 0.411 e. The molecule has 0 unspecified atom stereocenters. The lowest BCUT2D eigenvalue weighted by molar-refractivity contribution is -0.147. The van der Waals surface area contributed by atoms with Crippen LogP contribution in [0.25, 0.3) is 0 Å². The Morgan fingerprint density at radius 2 is 1.91 bits per heavy atom. The zero-order chi connectivity index (χ0) is 24.3. The van der Waals surface area contributed by atoms with Crippen LogP contribution in [0.5, 0.6) is 11.5 Å². The third-order valence-electron chi connectivity index (χ3n) is 5.52. The number of benzene rings is 1. The quantitative estimate of drug-likeness (QED) is 0.620. The third kappa shape index (κ3) is 5.38. The zero-order valence-corrected chi connectivity index (χ0v) is 20.4. The molecule has 2 aromatic rings. The van der Waals surface area contributed by atoms with Gasteiger partial charge < -0.3 is 18.9 Å². The summed E-state index contributed by atoms with van der Waals surface area (Å²) in [5.41, 5.74) is 3.66. The molecule has 0 bridgehead atoms. The van der Waals surface area contributed by atoms with Gasteiger partial charge in [0.25, 0.3) is 0 Å². The normalized spacial score (nSPS) is 15.5. The number of esters is 1. The molecule has 1 aliphatic heterocycles. The van der Waals surface area contributed by atoms with Crippen molar-refractivity contribution >= 4 is 12.1 Å². The van der Waals surface area contributed by atoms with E-state index in [9.17, 15) is 9.59 Å². The van der Waals surface area contributed by atoms with Gasteiger partial charge in [-0.3, -0.25) is 9.88 Å². The second-order valence-electron chi connectivity index (χ2n) is 9.04. The maximum atomic E-state index is 12.7. The Bertz CT molecular complexity index is 1040. The fourth-order valence-electron chi connectivity index (χ4n) is 3.94. The van der Waals surface area contributed by atoms with E-state index in [0.29, 0.717) is 24.3 Å². The molecule has 178 valence electrons. The van der Waals surface area contributed by atoms with E-state index >= 15 is 0 Å². The predicted octanol–water partition coefficient (Wildman–Crippen LogP) is 4.29. The highest BCUT2D eigenvalue weighted by molar-refractivity contribution is 5.84. The number of ether oxygens (including phenoxy) is 4. The number of methoxy groups -OCH3 is 2. The van der Waals surface area contributed by atoms with Crippen molar-refractivity contribution in [1.82, 2.24) is 9.88 Å². The average Bonchev–Trinajstić information content (AvgIpc) is 2.76. The third-order valence-corrected chi connectivity index (χ3v) is 5.52. The first-order valence-electron chi connectivity index (χ1n) is 10.9. The molecule has 0 spiro atoms. The number of hydrogen-bond acceptors (Lipinski definition) is 7. The lowest BCUT2D eigenvalue weighted by Gasteiger charge is -2.36. The number of pyridine rings is 1. The standard InChI is InChI=1S/C25H32N2O6/c1-15-13-26-20(16(2)22(15)30-6)14-32-18-8-9-19-17(12-18)10-11-27(21(19)23(28)31-7)24(29)33-25(3,4)5/h8-9,12-13,21H,10-11,14H2,1-7H3/t21-/m1/s1. The van der Waals surface area contributed by atoms with E-state index in [1.54, 1.807) is 46.2 Å². The van der Waals surface area contributed by atoms with Crippen molar-refractivity contribution in [2.45, 2.75) is 59.3 Å². The Morgan fingerprint density at radius 3 is 2.55 bits per heavy atom. The fourth-order valence-corrected chi connectivity index (χ4v) is 3.94. The maximum Gasteiger partial charge on any atom is 0.411 e. The maximum absolute atomic E-state index is 12.7. The first-order chi connectivity index (χ1) is 15.6. The summed E-state index contributed by atoms with van der Waals surface area (Å²) in [5.74, 6) is 0.947. The zero-order valence-electron chi connectivity index (χ0n) is 20.4. The lowest BCUT2D eigenvalue weighted by atomic mass is 9.92. The Labute approximate surface area is 194 Å². The van der Waals surface area contributed by atoms with Crippen LogP contribution in [-0.4, -0.2) is 48.3 Å². The van der Waals surface area contributed by atoms with Crippen LogP contribution in [0.3, 0.4) is 0 Å². The van der Waals surface area contributed by atoms with Crippen LogP contribution < -0.4 is 9.47 Å². The van der Waals surface area contributed by atoms with Crippen molar-refractivity contribution in [2.24, 2.45) is 0 Å². The summed E-state index contributed by atoms with van der Waals surface area (Å²) < 4.78 is 22.0. The van der Waals surface area contributed by atoms with Crippen LogP contribution in [0.15, 0.2) is 24.4 Å². The van der Waals surface area contributed by atoms with Gasteiger partial charge in [0.05, 0.1) is 19.9 Å². The molecule has 8 nitrogen and oxygen atoms in total. The number of carbonyl (C=O) groups excluding carboxylic acids is 2. The molecule has 1 aromatic heterocycles. The molecule has 33 heavy (non-hydrogen) atoms. The van der Waals surface area contributed by atoms with Crippen molar-refractivity contribution in [2.75, 3.05) is 20.8 Å². The molecule has 0 saturated heterocycles. The number of hydrogen-bond donors (Lipinski definition) is 0. The molecular formula is C25H32N2O6. The summed E-state index contributed by atoms with van der Waals surface area (Å²) in [7, 11) is 2.95. The summed E-state index contributed by atoms with van der Waals surface area (Å²) >= 11 is 0. The number of amides is 1. The molecule has 1 atom stereocenters. The molecule has 0 aliphatic carbocycles. The number of aryl methyl sites for hydroxylation is 1.